The van der Waals surface area contributed by atoms with Crippen LogP contribution < -0.4 is 10.6 Å². The molecule has 0 aliphatic carbocycles. The van der Waals surface area contributed by atoms with Crippen LogP contribution in [-0.2, 0) is 16.1 Å². The van der Waals surface area contributed by atoms with Crippen molar-refractivity contribution >= 4 is 17.7 Å². The maximum atomic E-state index is 12.8. The summed E-state index contributed by atoms with van der Waals surface area (Å²) in [7, 11) is 0. The number of cyclic esters (lactones) is 1. The number of nitrogens with zero attached hydrogens (tertiary/aromatic N) is 2. The number of carbonyl (C=O) groups is 2. The second kappa shape index (κ2) is 7.52. The summed E-state index contributed by atoms with van der Waals surface area (Å²) >= 11 is 0. The summed E-state index contributed by atoms with van der Waals surface area (Å²) in [6.07, 6.45) is 0.999. The zero-order valence-corrected chi connectivity index (χ0v) is 15.5. The van der Waals surface area contributed by atoms with Crippen molar-refractivity contribution in [2.45, 2.75) is 31.5 Å². The number of likely N-dealkylation sites (tertiary alicyclic amines) is 1. The minimum Gasteiger partial charge on any atom is -0.508 e. The Kier molecular flexibility index (Phi) is 4.92. The Morgan fingerprint density at radius 2 is 1.79 bits per heavy atom. The molecule has 2 aliphatic rings. The van der Waals surface area contributed by atoms with Gasteiger partial charge in [-0.15, -0.1) is 0 Å². The molecule has 2 aromatic carbocycles. The van der Waals surface area contributed by atoms with Gasteiger partial charge in [0.2, 0.25) is 5.91 Å². The highest BCUT2D eigenvalue weighted by molar-refractivity contribution is 5.91. The van der Waals surface area contributed by atoms with Crippen molar-refractivity contribution in [1.29, 1.82) is 0 Å². The normalized spacial score (nSPS) is 18.4. The first-order chi connectivity index (χ1) is 13.5. The molecule has 1 unspecified atom stereocenters. The average molecular weight is 381 g/mol. The largest absolute Gasteiger partial charge is 0.508 e. The summed E-state index contributed by atoms with van der Waals surface area (Å²) in [5.74, 6) is -0.0105. The quantitative estimate of drug-likeness (QED) is 0.852. The van der Waals surface area contributed by atoms with E-state index in [1.165, 1.54) is 12.1 Å². The van der Waals surface area contributed by atoms with Crippen LogP contribution in [-0.4, -0.2) is 41.1 Å². The van der Waals surface area contributed by atoms with Gasteiger partial charge in [-0.1, -0.05) is 30.3 Å². The van der Waals surface area contributed by atoms with E-state index in [-0.39, 0.29) is 23.8 Å². The first kappa shape index (κ1) is 18.3. The third-order valence-electron chi connectivity index (χ3n) is 5.46. The molecule has 3 N–H and O–H groups in total. The van der Waals surface area contributed by atoms with Crippen LogP contribution in [0, 0.1) is 0 Å². The molecule has 4 rings (SSSR count). The summed E-state index contributed by atoms with van der Waals surface area (Å²) in [6, 6.07) is 13.3. The van der Waals surface area contributed by atoms with Crippen molar-refractivity contribution in [2.24, 2.45) is 5.73 Å². The number of ether oxygens (including phenoxy) is 1. The molecule has 2 amide bonds. The van der Waals surface area contributed by atoms with Gasteiger partial charge < -0.3 is 20.5 Å². The smallest absolute Gasteiger partial charge is 0.414 e. The summed E-state index contributed by atoms with van der Waals surface area (Å²) in [6.45, 7) is 1.35. The number of benzene rings is 2. The predicted octanol–water partition coefficient (Wildman–Crippen LogP) is 2.54. The molecular weight excluding hydrogens is 358 g/mol. The average Bonchev–Trinajstić information content (AvgIpc) is 2.73. The van der Waals surface area contributed by atoms with E-state index in [2.05, 4.69) is 0 Å². The fourth-order valence-electron chi connectivity index (χ4n) is 3.89. The summed E-state index contributed by atoms with van der Waals surface area (Å²) < 4.78 is 5.32. The molecule has 146 valence electrons. The lowest BCUT2D eigenvalue weighted by Gasteiger charge is -2.40. The molecule has 0 radical (unpaired) electrons. The Morgan fingerprint density at radius 1 is 1.11 bits per heavy atom. The summed E-state index contributed by atoms with van der Waals surface area (Å²) in [5.41, 5.74) is 8.68. The number of fused-ring (bicyclic) bond motifs is 1. The first-order valence-electron chi connectivity index (χ1n) is 9.42. The number of nitrogens with two attached hydrogens (primary N) is 1. The number of hydrogen-bond donors (Lipinski definition) is 2. The molecule has 2 aliphatic heterocycles. The maximum Gasteiger partial charge on any atom is 0.414 e. The van der Waals surface area contributed by atoms with Gasteiger partial charge in [-0.2, -0.15) is 0 Å². The molecule has 0 saturated carbocycles. The van der Waals surface area contributed by atoms with Gasteiger partial charge in [0.05, 0.1) is 5.69 Å². The van der Waals surface area contributed by atoms with Crippen LogP contribution >= 0.6 is 0 Å². The number of aromatic hydroxyl groups is 1. The van der Waals surface area contributed by atoms with E-state index in [9.17, 15) is 14.7 Å². The lowest BCUT2D eigenvalue weighted by atomic mass is 9.99. The van der Waals surface area contributed by atoms with Crippen molar-refractivity contribution in [3.8, 4) is 5.75 Å². The molecule has 1 saturated heterocycles. The third-order valence-corrected chi connectivity index (χ3v) is 5.46. The van der Waals surface area contributed by atoms with Crippen molar-refractivity contribution in [3.63, 3.8) is 0 Å². The second-order valence-corrected chi connectivity index (χ2v) is 7.18. The van der Waals surface area contributed by atoms with E-state index in [0.717, 1.165) is 11.3 Å². The fourth-order valence-corrected chi connectivity index (χ4v) is 3.89. The number of phenolic OH excluding ortho intramolecular Hbond substituents is 1. The van der Waals surface area contributed by atoms with Gasteiger partial charge in [0.25, 0.3) is 0 Å². The molecule has 0 bridgehead atoms. The van der Waals surface area contributed by atoms with E-state index in [1.54, 1.807) is 21.9 Å². The molecule has 0 aromatic heterocycles. The highest BCUT2D eigenvalue weighted by atomic mass is 16.6. The lowest BCUT2D eigenvalue weighted by molar-refractivity contribution is -0.133. The number of carbonyl (C=O) groups excluding carboxylic acids is 2. The molecule has 7 nitrogen and oxygen atoms in total. The van der Waals surface area contributed by atoms with Crippen LogP contribution in [0.2, 0.25) is 0 Å². The number of amides is 2. The second-order valence-electron chi connectivity index (χ2n) is 7.18. The van der Waals surface area contributed by atoms with Gasteiger partial charge >= 0.3 is 6.09 Å². The minimum atomic E-state index is -0.766. The van der Waals surface area contributed by atoms with Crippen LogP contribution in [0.3, 0.4) is 0 Å². The first-order valence-corrected chi connectivity index (χ1v) is 9.42. The summed E-state index contributed by atoms with van der Waals surface area (Å²) in [4.78, 5) is 28.6. The van der Waals surface area contributed by atoms with Crippen LogP contribution in [0.5, 0.6) is 5.75 Å². The Hall–Kier alpha value is -3.06. The van der Waals surface area contributed by atoms with Gasteiger partial charge in [-0.05, 0) is 36.6 Å². The highest BCUT2D eigenvalue weighted by Gasteiger charge is 2.35. The number of hydrogen-bond acceptors (Lipinski definition) is 5. The maximum absolute atomic E-state index is 12.8. The third kappa shape index (κ3) is 3.41. The minimum absolute atomic E-state index is 0.0112. The van der Waals surface area contributed by atoms with Gasteiger partial charge in [0, 0.05) is 24.7 Å². The topological polar surface area (TPSA) is 96.1 Å². The highest BCUT2D eigenvalue weighted by Crippen LogP contribution is 2.32. The molecule has 1 atom stereocenters. The zero-order chi connectivity index (χ0) is 19.7. The van der Waals surface area contributed by atoms with Gasteiger partial charge in [-0.25, -0.2) is 4.79 Å². The summed E-state index contributed by atoms with van der Waals surface area (Å²) in [5, 5.41) is 9.39. The Morgan fingerprint density at radius 3 is 2.50 bits per heavy atom. The number of rotatable bonds is 3. The molecule has 28 heavy (non-hydrogen) atoms. The van der Waals surface area contributed by atoms with Crippen molar-refractivity contribution in [3.05, 3.63) is 59.7 Å². The van der Waals surface area contributed by atoms with Gasteiger partial charge in [0.1, 0.15) is 18.4 Å². The van der Waals surface area contributed by atoms with E-state index >= 15 is 0 Å². The van der Waals surface area contributed by atoms with Crippen molar-refractivity contribution < 1.29 is 19.4 Å². The number of piperidine rings is 1. The molecule has 0 spiro atoms. The Bertz CT molecular complexity index is 875. The Labute approximate surface area is 163 Å². The van der Waals surface area contributed by atoms with E-state index in [0.29, 0.717) is 38.1 Å². The van der Waals surface area contributed by atoms with Gasteiger partial charge in [-0.3, -0.25) is 9.69 Å². The number of anilines is 1. The monoisotopic (exact) mass is 381 g/mol. The van der Waals surface area contributed by atoms with Gasteiger partial charge in [0.15, 0.2) is 0 Å². The SMILES string of the molecule is NC(C(=O)N1CCC(N2C(=O)OCc3ccccc32)CC1)c1ccc(O)cc1. The number of phenols is 1. The standard InChI is InChI=1S/C21H23N3O4/c22-19(14-5-7-17(25)8-6-14)20(26)23-11-9-16(10-12-23)24-18-4-2-1-3-15(18)13-28-21(24)27/h1-8,16,19,25H,9-13,22H2. The molecule has 7 heteroatoms. The molecule has 1 fully saturated rings. The molecular formula is C21H23N3O4. The fraction of sp³-hybridized carbons (Fsp3) is 0.333. The van der Waals surface area contributed by atoms with Crippen LogP contribution in [0.1, 0.15) is 30.0 Å². The van der Waals surface area contributed by atoms with E-state index in [1.807, 2.05) is 24.3 Å². The van der Waals surface area contributed by atoms with E-state index < -0.39 is 6.04 Å². The zero-order valence-electron chi connectivity index (χ0n) is 15.5. The van der Waals surface area contributed by atoms with Crippen LogP contribution in [0.4, 0.5) is 10.5 Å². The van der Waals surface area contributed by atoms with Crippen LogP contribution in [0.25, 0.3) is 0 Å². The number of para-hydroxylation sites is 1. The molecule has 2 aromatic rings. The van der Waals surface area contributed by atoms with Crippen molar-refractivity contribution in [1.82, 2.24) is 4.90 Å². The predicted molar refractivity (Wildman–Crippen MR) is 104 cm³/mol. The lowest BCUT2D eigenvalue weighted by Crippen LogP contribution is -2.51. The van der Waals surface area contributed by atoms with E-state index in [4.69, 9.17) is 10.5 Å². The Balaban J connectivity index is 1.43. The van der Waals surface area contributed by atoms with Crippen molar-refractivity contribution in [2.75, 3.05) is 18.0 Å². The van der Waals surface area contributed by atoms with Crippen LogP contribution in [0.15, 0.2) is 48.5 Å². The molecule has 2 heterocycles.